The first-order chi connectivity index (χ1) is 5.88. The van der Waals surface area contributed by atoms with Gasteiger partial charge in [0.25, 0.3) is 0 Å². The van der Waals surface area contributed by atoms with Crippen molar-refractivity contribution in [2.75, 3.05) is 0 Å². The van der Waals surface area contributed by atoms with Crippen LogP contribution in [0.1, 0.15) is 5.82 Å². The first-order valence-corrected chi connectivity index (χ1v) is 3.93. The van der Waals surface area contributed by atoms with Gasteiger partial charge < -0.3 is 10.7 Å². The van der Waals surface area contributed by atoms with Crippen LogP contribution in [-0.4, -0.2) is 9.55 Å². The van der Waals surface area contributed by atoms with Crippen LogP contribution in [0.25, 0.3) is 5.69 Å². The van der Waals surface area contributed by atoms with Gasteiger partial charge in [-0.25, -0.2) is 4.98 Å². The third-order valence-electron chi connectivity index (χ3n) is 1.86. The van der Waals surface area contributed by atoms with Crippen LogP contribution in [0.5, 0.6) is 0 Å². The molecule has 0 fully saturated rings. The van der Waals surface area contributed by atoms with E-state index in [1.807, 2.05) is 37.5 Å². The van der Waals surface area contributed by atoms with Gasteiger partial charge in [0.2, 0.25) is 0 Å². The Morgan fingerprint density at radius 3 is 2.38 bits per heavy atom. The monoisotopic (exact) mass is 175 g/mol. The minimum Gasteiger partial charge on any atom is -0.344 e. The van der Waals surface area contributed by atoms with E-state index in [0.717, 1.165) is 11.5 Å². The van der Waals surface area contributed by atoms with Crippen LogP contribution in [0.2, 0.25) is 0 Å². The molecule has 0 spiro atoms. The van der Waals surface area contributed by atoms with Crippen LogP contribution >= 0.6 is 0 Å². The van der Waals surface area contributed by atoms with Crippen LogP contribution in [-0.2, 0) is 0 Å². The van der Waals surface area contributed by atoms with E-state index in [0.29, 0.717) is 0 Å². The average molecular weight is 175 g/mol. The molecule has 1 heterocycles. The van der Waals surface area contributed by atoms with Crippen molar-refractivity contribution < 1.29 is 0 Å². The SMILES string of the molecule is Cc1nccn1-c1ccccc1.N. The lowest BCUT2D eigenvalue weighted by Gasteiger charge is -2.02. The van der Waals surface area contributed by atoms with Gasteiger partial charge in [-0.2, -0.15) is 0 Å². The summed E-state index contributed by atoms with van der Waals surface area (Å²) in [7, 11) is 0. The van der Waals surface area contributed by atoms with Gasteiger partial charge in [0.05, 0.1) is 0 Å². The fourth-order valence-electron chi connectivity index (χ4n) is 1.24. The molecule has 68 valence electrons. The maximum Gasteiger partial charge on any atom is 0.110 e. The van der Waals surface area contributed by atoms with Gasteiger partial charge in [0.15, 0.2) is 0 Å². The van der Waals surface area contributed by atoms with E-state index in [4.69, 9.17) is 0 Å². The lowest BCUT2D eigenvalue weighted by atomic mass is 10.3. The average Bonchev–Trinajstić information content (AvgIpc) is 2.53. The van der Waals surface area contributed by atoms with Crippen LogP contribution < -0.4 is 6.15 Å². The highest BCUT2D eigenvalue weighted by atomic mass is 15.1. The van der Waals surface area contributed by atoms with Crippen molar-refractivity contribution in [2.45, 2.75) is 6.92 Å². The predicted molar refractivity (Wildman–Crippen MR) is 53.3 cm³/mol. The van der Waals surface area contributed by atoms with E-state index in [9.17, 15) is 0 Å². The molecule has 13 heavy (non-hydrogen) atoms. The molecule has 3 heteroatoms. The number of hydrogen-bond acceptors (Lipinski definition) is 2. The first kappa shape index (κ1) is 9.48. The Balaban J connectivity index is 0.000000845. The van der Waals surface area contributed by atoms with E-state index in [1.54, 1.807) is 0 Å². The van der Waals surface area contributed by atoms with Crippen LogP contribution in [0.4, 0.5) is 0 Å². The van der Waals surface area contributed by atoms with Crippen LogP contribution in [0, 0.1) is 6.92 Å². The van der Waals surface area contributed by atoms with Gasteiger partial charge in [0.1, 0.15) is 5.82 Å². The smallest absolute Gasteiger partial charge is 0.110 e. The molecular weight excluding hydrogens is 162 g/mol. The molecule has 0 saturated carbocycles. The van der Waals surface area contributed by atoms with Gasteiger partial charge in [0, 0.05) is 18.1 Å². The Labute approximate surface area is 77.6 Å². The zero-order valence-corrected chi connectivity index (χ0v) is 7.64. The summed E-state index contributed by atoms with van der Waals surface area (Å²) in [6.45, 7) is 1.99. The van der Waals surface area contributed by atoms with Crippen LogP contribution in [0.3, 0.4) is 0 Å². The van der Waals surface area contributed by atoms with Crippen molar-refractivity contribution in [3.8, 4) is 5.69 Å². The first-order valence-electron chi connectivity index (χ1n) is 3.93. The molecule has 0 atom stereocenters. The molecule has 0 aliphatic carbocycles. The second kappa shape index (κ2) is 3.87. The van der Waals surface area contributed by atoms with Crippen molar-refractivity contribution >= 4 is 0 Å². The van der Waals surface area contributed by atoms with E-state index in [1.165, 1.54) is 0 Å². The largest absolute Gasteiger partial charge is 0.344 e. The van der Waals surface area contributed by atoms with Crippen molar-refractivity contribution in [3.05, 3.63) is 48.5 Å². The maximum atomic E-state index is 4.16. The summed E-state index contributed by atoms with van der Waals surface area (Å²) in [4.78, 5) is 4.16. The molecule has 0 radical (unpaired) electrons. The molecule has 2 rings (SSSR count). The summed E-state index contributed by atoms with van der Waals surface area (Å²) in [6.07, 6.45) is 3.77. The number of aromatic nitrogens is 2. The predicted octanol–water partition coefficient (Wildman–Crippen LogP) is 2.34. The minimum absolute atomic E-state index is 0. The number of para-hydroxylation sites is 1. The normalized spacial score (nSPS) is 9.31. The van der Waals surface area contributed by atoms with Gasteiger partial charge in [-0.3, -0.25) is 0 Å². The van der Waals surface area contributed by atoms with Crippen molar-refractivity contribution in [3.63, 3.8) is 0 Å². The topological polar surface area (TPSA) is 52.8 Å². The summed E-state index contributed by atoms with van der Waals surface area (Å²) in [5.41, 5.74) is 1.16. The Morgan fingerprint density at radius 2 is 1.85 bits per heavy atom. The summed E-state index contributed by atoms with van der Waals surface area (Å²) in [5, 5.41) is 0. The minimum atomic E-state index is 0. The third-order valence-corrected chi connectivity index (χ3v) is 1.86. The molecule has 0 amide bonds. The molecule has 3 nitrogen and oxygen atoms in total. The van der Waals surface area contributed by atoms with Gasteiger partial charge >= 0.3 is 0 Å². The molecule has 0 aliphatic rings. The highest BCUT2D eigenvalue weighted by Crippen LogP contribution is 2.08. The standard InChI is InChI=1S/C10H10N2.H3N/c1-9-11-7-8-12(9)10-5-3-2-4-6-10;/h2-8H,1H3;1H3. The summed E-state index contributed by atoms with van der Waals surface area (Å²) >= 11 is 0. The number of hydrogen-bond donors (Lipinski definition) is 1. The third kappa shape index (κ3) is 1.76. The van der Waals surface area contributed by atoms with Crippen molar-refractivity contribution in [1.82, 2.24) is 15.7 Å². The second-order valence-corrected chi connectivity index (χ2v) is 2.68. The summed E-state index contributed by atoms with van der Waals surface area (Å²) in [5.74, 6) is 1.02. The van der Waals surface area contributed by atoms with E-state index >= 15 is 0 Å². The second-order valence-electron chi connectivity index (χ2n) is 2.68. The van der Waals surface area contributed by atoms with Crippen molar-refractivity contribution in [1.29, 1.82) is 0 Å². The molecular formula is C10H13N3. The number of nitrogens with zero attached hydrogens (tertiary/aromatic N) is 2. The fraction of sp³-hybridized carbons (Fsp3) is 0.100. The van der Waals surface area contributed by atoms with E-state index in [2.05, 4.69) is 21.7 Å². The molecule has 0 bridgehead atoms. The Bertz CT molecular complexity index is 365. The molecule has 1 aromatic heterocycles. The molecule has 0 saturated heterocycles. The van der Waals surface area contributed by atoms with Gasteiger partial charge in [-0.05, 0) is 19.1 Å². The summed E-state index contributed by atoms with van der Waals surface area (Å²) in [6, 6.07) is 10.2. The molecule has 0 aliphatic heterocycles. The van der Waals surface area contributed by atoms with Crippen LogP contribution in [0.15, 0.2) is 42.7 Å². The van der Waals surface area contributed by atoms with Crippen molar-refractivity contribution in [2.24, 2.45) is 0 Å². The number of rotatable bonds is 1. The Hall–Kier alpha value is -1.61. The number of imidazole rings is 1. The Kier molecular flexibility index (Phi) is 2.82. The summed E-state index contributed by atoms with van der Waals surface area (Å²) < 4.78 is 2.06. The number of aryl methyl sites for hydroxylation is 1. The lowest BCUT2D eigenvalue weighted by molar-refractivity contribution is 0.975. The van der Waals surface area contributed by atoms with Gasteiger partial charge in [-0.1, -0.05) is 18.2 Å². The molecule has 2 aromatic rings. The van der Waals surface area contributed by atoms with E-state index in [-0.39, 0.29) is 6.15 Å². The molecule has 3 N–H and O–H groups in total. The van der Waals surface area contributed by atoms with Gasteiger partial charge in [-0.15, -0.1) is 0 Å². The fourth-order valence-corrected chi connectivity index (χ4v) is 1.24. The lowest BCUT2D eigenvalue weighted by Crippen LogP contribution is -1.93. The zero-order chi connectivity index (χ0) is 8.39. The highest BCUT2D eigenvalue weighted by Gasteiger charge is 1.96. The number of benzene rings is 1. The highest BCUT2D eigenvalue weighted by molar-refractivity contribution is 5.32. The van der Waals surface area contributed by atoms with E-state index < -0.39 is 0 Å². The zero-order valence-electron chi connectivity index (χ0n) is 7.64. The molecule has 0 unspecified atom stereocenters. The molecule has 1 aromatic carbocycles. The maximum absolute atomic E-state index is 4.16. The Morgan fingerprint density at radius 1 is 1.15 bits per heavy atom. The quantitative estimate of drug-likeness (QED) is 0.723.